The van der Waals surface area contributed by atoms with Crippen molar-refractivity contribution in [1.29, 1.82) is 0 Å². The van der Waals surface area contributed by atoms with Gasteiger partial charge in [0.15, 0.2) is 0 Å². The molecule has 0 aliphatic heterocycles. The van der Waals surface area contributed by atoms with Crippen LogP contribution in [-0.2, 0) is 0 Å². The van der Waals surface area contributed by atoms with E-state index < -0.39 is 12.2 Å². The highest BCUT2D eigenvalue weighted by atomic mass is 35.5. The predicted octanol–water partition coefficient (Wildman–Crippen LogP) is 5.74. The molecule has 0 nitrogen and oxygen atoms in total. The van der Waals surface area contributed by atoms with Gasteiger partial charge in [0.2, 0.25) is 0 Å². The Labute approximate surface area is 112 Å². The van der Waals surface area contributed by atoms with Crippen molar-refractivity contribution in [2.24, 2.45) is 0 Å². The minimum Gasteiger partial charge on any atom is -0.207 e. The van der Waals surface area contributed by atoms with Crippen LogP contribution in [0.3, 0.4) is 0 Å². The molecule has 0 bridgehead atoms. The molecule has 0 saturated carbocycles. The fourth-order valence-corrected chi connectivity index (χ4v) is 2.01. The van der Waals surface area contributed by atoms with Crippen molar-refractivity contribution in [1.82, 2.24) is 0 Å². The van der Waals surface area contributed by atoms with E-state index in [1.165, 1.54) is 18.2 Å². The molecule has 0 aliphatic carbocycles. The van der Waals surface area contributed by atoms with Gasteiger partial charge in [-0.25, -0.2) is 13.2 Å². The Balaban J connectivity index is 2.60. The lowest BCUT2D eigenvalue weighted by Crippen LogP contribution is -1.89. The molecular weight excluding hydrogens is 284 g/mol. The first-order chi connectivity index (χ1) is 8.47. The molecule has 0 atom stereocenters. The first-order valence-electron chi connectivity index (χ1n) is 5.01. The van der Waals surface area contributed by atoms with Crippen LogP contribution in [0.2, 0.25) is 10.0 Å². The second-order valence-corrected chi connectivity index (χ2v) is 4.54. The largest absolute Gasteiger partial charge is 0.263 e. The van der Waals surface area contributed by atoms with E-state index >= 15 is 0 Å². The average molecular weight is 291 g/mol. The van der Waals surface area contributed by atoms with Crippen molar-refractivity contribution in [3.8, 4) is 11.1 Å². The molecule has 0 unspecified atom stereocenters. The molecule has 0 N–H and O–H groups in total. The van der Waals surface area contributed by atoms with E-state index in [1.54, 1.807) is 6.07 Å². The van der Waals surface area contributed by atoms with Crippen LogP contribution in [0.15, 0.2) is 36.4 Å². The fraction of sp³-hybridized carbons (Fsp3) is 0.0769. The van der Waals surface area contributed by atoms with E-state index in [9.17, 15) is 13.2 Å². The first kappa shape index (κ1) is 13.2. The molecule has 0 fully saturated rings. The number of hydrogen-bond acceptors (Lipinski definition) is 0. The van der Waals surface area contributed by atoms with Gasteiger partial charge in [0, 0.05) is 21.2 Å². The molecular formula is C13H7Cl2F3. The van der Waals surface area contributed by atoms with Gasteiger partial charge in [-0.2, -0.15) is 0 Å². The van der Waals surface area contributed by atoms with E-state index in [0.29, 0.717) is 15.6 Å². The molecule has 5 heteroatoms. The Bertz CT molecular complexity index is 582. The van der Waals surface area contributed by atoms with Gasteiger partial charge in [0.1, 0.15) is 5.82 Å². The van der Waals surface area contributed by atoms with E-state index in [2.05, 4.69) is 0 Å². The Morgan fingerprint density at radius 3 is 2.33 bits per heavy atom. The van der Waals surface area contributed by atoms with Crippen molar-refractivity contribution < 1.29 is 13.2 Å². The maximum atomic E-state index is 13.3. The molecule has 0 amide bonds. The molecule has 18 heavy (non-hydrogen) atoms. The number of hydrogen-bond donors (Lipinski definition) is 0. The summed E-state index contributed by atoms with van der Waals surface area (Å²) in [6.07, 6.45) is -2.74. The molecule has 0 spiro atoms. The Hall–Kier alpha value is -1.19. The van der Waals surface area contributed by atoms with Gasteiger partial charge >= 0.3 is 0 Å². The van der Waals surface area contributed by atoms with Gasteiger partial charge in [-0.1, -0.05) is 23.2 Å². The molecule has 0 aromatic heterocycles. The first-order valence-corrected chi connectivity index (χ1v) is 5.77. The van der Waals surface area contributed by atoms with Crippen LogP contribution in [0.25, 0.3) is 11.1 Å². The number of halogens is 5. The van der Waals surface area contributed by atoms with Gasteiger partial charge in [-0.15, -0.1) is 0 Å². The zero-order chi connectivity index (χ0) is 13.3. The molecule has 2 aromatic carbocycles. The molecule has 0 saturated heterocycles. The smallest absolute Gasteiger partial charge is 0.207 e. The van der Waals surface area contributed by atoms with Crippen molar-refractivity contribution in [3.05, 3.63) is 57.8 Å². The summed E-state index contributed by atoms with van der Waals surface area (Å²) in [7, 11) is 0. The van der Waals surface area contributed by atoms with Gasteiger partial charge < -0.3 is 0 Å². The van der Waals surface area contributed by atoms with Crippen LogP contribution in [0.1, 0.15) is 12.0 Å². The summed E-state index contributed by atoms with van der Waals surface area (Å²) in [6, 6.07) is 7.75. The minimum atomic E-state index is -2.74. The lowest BCUT2D eigenvalue weighted by Gasteiger charge is -2.08. The van der Waals surface area contributed by atoms with E-state index in [4.69, 9.17) is 23.2 Å². The third-order valence-corrected chi connectivity index (χ3v) is 2.98. The normalized spacial score (nSPS) is 11.0. The summed E-state index contributed by atoms with van der Waals surface area (Å²) >= 11 is 11.8. The maximum absolute atomic E-state index is 13.3. The van der Waals surface area contributed by atoms with E-state index in [0.717, 1.165) is 12.1 Å². The molecule has 94 valence electrons. The van der Waals surface area contributed by atoms with Crippen LogP contribution in [0, 0.1) is 5.82 Å². The quantitative estimate of drug-likeness (QED) is 0.662. The molecule has 2 aromatic rings. The highest BCUT2D eigenvalue weighted by Gasteiger charge is 2.12. The minimum absolute atomic E-state index is 0.276. The molecule has 0 radical (unpaired) electrons. The van der Waals surface area contributed by atoms with Crippen molar-refractivity contribution >= 4 is 23.2 Å². The topological polar surface area (TPSA) is 0 Å². The van der Waals surface area contributed by atoms with Crippen LogP contribution in [-0.4, -0.2) is 0 Å². The summed E-state index contributed by atoms with van der Waals surface area (Å²) < 4.78 is 38.5. The van der Waals surface area contributed by atoms with Crippen LogP contribution in [0.5, 0.6) is 0 Å². The van der Waals surface area contributed by atoms with Gasteiger partial charge in [0.05, 0.1) is 0 Å². The second-order valence-electron chi connectivity index (χ2n) is 3.70. The number of benzene rings is 2. The Morgan fingerprint density at radius 2 is 1.67 bits per heavy atom. The average Bonchev–Trinajstić information content (AvgIpc) is 2.31. The van der Waals surface area contributed by atoms with E-state index in [1.807, 2.05) is 0 Å². The third-order valence-electron chi connectivity index (χ3n) is 2.41. The number of rotatable bonds is 2. The van der Waals surface area contributed by atoms with Gasteiger partial charge in [-0.3, -0.25) is 0 Å². The standard InChI is InChI=1S/C13H7Cl2F3/c14-9-1-2-12(15)11(6-9)7-3-8(13(17)18)5-10(16)4-7/h1-6,13H. The third kappa shape index (κ3) is 2.79. The highest BCUT2D eigenvalue weighted by Crippen LogP contribution is 2.33. The monoisotopic (exact) mass is 290 g/mol. The Kier molecular flexibility index (Phi) is 3.83. The lowest BCUT2D eigenvalue weighted by molar-refractivity contribution is 0.151. The van der Waals surface area contributed by atoms with E-state index in [-0.39, 0.29) is 11.1 Å². The zero-order valence-corrected chi connectivity index (χ0v) is 10.4. The summed E-state index contributed by atoms with van der Waals surface area (Å²) in [5.41, 5.74) is 0.310. The van der Waals surface area contributed by atoms with Gasteiger partial charge in [-0.05, 0) is 42.0 Å². The summed E-state index contributed by atoms with van der Waals surface area (Å²) in [4.78, 5) is 0. The lowest BCUT2D eigenvalue weighted by atomic mass is 10.0. The second kappa shape index (κ2) is 5.21. The van der Waals surface area contributed by atoms with Crippen molar-refractivity contribution in [3.63, 3.8) is 0 Å². The predicted molar refractivity (Wildman–Crippen MR) is 66.8 cm³/mol. The molecule has 0 heterocycles. The molecule has 2 rings (SSSR count). The summed E-state index contributed by atoms with van der Waals surface area (Å²) in [5.74, 6) is -0.737. The highest BCUT2D eigenvalue weighted by molar-refractivity contribution is 6.35. The van der Waals surface area contributed by atoms with Gasteiger partial charge in [0.25, 0.3) is 6.43 Å². The SMILES string of the molecule is Fc1cc(-c2cc(Cl)ccc2Cl)cc(C(F)F)c1. The van der Waals surface area contributed by atoms with Crippen LogP contribution < -0.4 is 0 Å². The van der Waals surface area contributed by atoms with Crippen molar-refractivity contribution in [2.75, 3.05) is 0 Å². The van der Waals surface area contributed by atoms with Crippen molar-refractivity contribution in [2.45, 2.75) is 6.43 Å². The van der Waals surface area contributed by atoms with Crippen LogP contribution in [0.4, 0.5) is 13.2 Å². The Morgan fingerprint density at radius 1 is 0.944 bits per heavy atom. The maximum Gasteiger partial charge on any atom is 0.263 e. The summed E-state index contributed by atoms with van der Waals surface area (Å²) in [5, 5.41) is 0.725. The summed E-state index contributed by atoms with van der Waals surface area (Å²) in [6.45, 7) is 0. The number of alkyl halides is 2. The fourth-order valence-electron chi connectivity index (χ4n) is 1.61. The zero-order valence-electron chi connectivity index (χ0n) is 8.93. The molecule has 0 aliphatic rings. The van der Waals surface area contributed by atoms with Crippen LogP contribution >= 0.6 is 23.2 Å².